The average molecular weight is 254 g/mol. The molecule has 0 radical (unpaired) electrons. The zero-order chi connectivity index (χ0) is 13.4. The zero-order valence-corrected chi connectivity index (χ0v) is 11.1. The van der Waals surface area contributed by atoms with Gasteiger partial charge in [-0.1, -0.05) is 78.9 Å². The Kier molecular flexibility index (Phi) is 2.53. The van der Waals surface area contributed by atoms with E-state index in [0.29, 0.717) is 0 Å². The van der Waals surface area contributed by atoms with E-state index in [-0.39, 0.29) is 0 Å². The number of rotatable bonds is 1. The van der Waals surface area contributed by atoms with E-state index in [1.54, 1.807) is 0 Å². The van der Waals surface area contributed by atoms with Crippen LogP contribution in [0, 0.1) is 0 Å². The molecule has 4 aromatic carbocycles. The second-order valence-electron chi connectivity index (χ2n) is 5.09. The Labute approximate surface area is 118 Å². The summed E-state index contributed by atoms with van der Waals surface area (Å²) in [6.45, 7) is 0. The van der Waals surface area contributed by atoms with Gasteiger partial charge < -0.3 is 0 Å². The lowest BCUT2D eigenvalue weighted by atomic mass is 9.96. The van der Waals surface area contributed by atoms with Gasteiger partial charge in [-0.25, -0.2) is 0 Å². The molecule has 0 heteroatoms. The molecule has 94 valence electrons. The highest BCUT2D eigenvalue weighted by Gasteiger charge is 2.03. The zero-order valence-electron chi connectivity index (χ0n) is 11.1. The number of hydrogen-bond acceptors (Lipinski definition) is 0. The summed E-state index contributed by atoms with van der Waals surface area (Å²) in [5.41, 5.74) is 2.58. The van der Waals surface area contributed by atoms with Gasteiger partial charge in [0, 0.05) is 0 Å². The van der Waals surface area contributed by atoms with Crippen molar-refractivity contribution >= 4 is 21.5 Å². The van der Waals surface area contributed by atoms with Gasteiger partial charge >= 0.3 is 0 Å². The minimum Gasteiger partial charge on any atom is -0.0616 e. The first kappa shape index (κ1) is 11.2. The first-order valence-corrected chi connectivity index (χ1v) is 6.89. The van der Waals surface area contributed by atoms with Crippen molar-refractivity contribution in [3.63, 3.8) is 0 Å². The van der Waals surface area contributed by atoms with E-state index in [1.165, 1.54) is 32.7 Å². The van der Waals surface area contributed by atoms with Crippen LogP contribution in [0.2, 0.25) is 0 Å². The summed E-state index contributed by atoms with van der Waals surface area (Å²) in [5.74, 6) is 0. The van der Waals surface area contributed by atoms with Crippen molar-refractivity contribution in [3.05, 3.63) is 84.9 Å². The Morgan fingerprint density at radius 2 is 1.15 bits per heavy atom. The van der Waals surface area contributed by atoms with Gasteiger partial charge in [0.25, 0.3) is 0 Å². The summed E-state index contributed by atoms with van der Waals surface area (Å²) < 4.78 is 0. The van der Waals surface area contributed by atoms with E-state index in [0.717, 1.165) is 0 Å². The van der Waals surface area contributed by atoms with Crippen molar-refractivity contribution in [3.8, 4) is 11.1 Å². The van der Waals surface area contributed by atoms with Crippen LogP contribution in [0.15, 0.2) is 84.9 Å². The highest BCUT2D eigenvalue weighted by Crippen LogP contribution is 2.30. The van der Waals surface area contributed by atoms with Crippen LogP contribution in [0.3, 0.4) is 0 Å². The van der Waals surface area contributed by atoms with Crippen LogP contribution in [0.4, 0.5) is 0 Å². The van der Waals surface area contributed by atoms with Gasteiger partial charge in [-0.2, -0.15) is 0 Å². The molecule has 0 aromatic heterocycles. The van der Waals surface area contributed by atoms with Crippen LogP contribution in [-0.2, 0) is 0 Å². The molecule has 0 saturated carbocycles. The van der Waals surface area contributed by atoms with Crippen molar-refractivity contribution in [2.24, 2.45) is 0 Å². The minimum atomic E-state index is 1.28. The molecule has 0 N–H and O–H groups in total. The highest BCUT2D eigenvalue weighted by atomic mass is 14.1. The molecule has 4 rings (SSSR count). The Bertz CT molecular complexity index is 898. The van der Waals surface area contributed by atoms with Crippen molar-refractivity contribution in [1.29, 1.82) is 0 Å². The third kappa shape index (κ3) is 1.78. The molecule has 0 aliphatic rings. The molecule has 0 bridgehead atoms. The van der Waals surface area contributed by atoms with E-state index in [2.05, 4.69) is 84.9 Å². The summed E-state index contributed by atoms with van der Waals surface area (Å²) in [5, 5.41) is 5.18. The van der Waals surface area contributed by atoms with E-state index in [9.17, 15) is 0 Å². The van der Waals surface area contributed by atoms with Crippen LogP contribution in [0.5, 0.6) is 0 Å². The summed E-state index contributed by atoms with van der Waals surface area (Å²) >= 11 is 0. The Morgan fingerprint density at radius 1 is 0.450 bits per heavy atom. The van der Waals surface area contributed by atoms with E-state index >= 15 is 0 Å². The maximum Gasteiger partial charge on any atom is -0.0105 e. The Morgan fingerprint density at radius 3 is 2.05 bits per heavy atom. The second-order valence-corrected chi connectivity index (χ2v) is 5.09. The summed E-state index contributed by atoms with van der Waals surface area (Å²) in [6, 6.07) is 30.2. The predicted molar refractivity (Wildman–Crippen MR) is 86.9 cm³/mol. The molecule has 20 heavy (non-hydrogen) atoms. The fourth-order valence-corrected chi connectivity index (χ4v) is 2.83. The molecule has 0 aliphatic heterocycles. The smallest absolute Gasteiger partial charge is 0.0105 e. The minimum absolute atomic E-state index is 1.28. The third-order valence-corrected chi connectivity index (χ3v) is 3.85. The van der Waals surface area contributed by atoms with Crippen LogP contribution in [0.25, 0.3) is 32.7 Å². The van der Waals surface area contributed by atoms with Crippen molar-refractivity contribution in [2.75, 3.05) is 0 Å². The quantitative estimate of drug-likeness (QED) is 0.411. The maximum atomic E-state index is 2.27. The van der Waals surface area contributed by atoms with Crippen molar-refractivity contribution in [2.45, 2.75) is 0 Å². The van der Waals surface area contributed by atoms with Gasteiger partial charge in [0.2, 0.25) is 0 Å². The molecule has 0 aliphatic carbocycles. The molecule has 0 unspecified atom stereocenters. The fourth-order valence-electron chi connectivity index (χ4n) is 2.83. The van der Waals surface area contributed by atoms with Gasteiger partial charge in [0.1, 0.15) is 0 Å². The van der Waals surface area contributed by atoms with Gasteiger partial charge in [-0.05, 0) is 38.7 Å². The van der Waals surface area contributed by atoms with Gasteiger partial charge in [-0.15, -0.1) is 0 Å². The van der Waals surface area contributed by atoms with E-state index in [4.69, 9.17) is 0 Å². The second kappa shape index (κ2) is 4.50. The van der Waals surface area contributed by atoms with Gasteiger partial charge in [0.05, 0.1) is 0 Å². The number of hydrogen-bond donors (Lipinski definition) is 0. The molecule has 0 heterocycles. The van der Waals surface area contributed by atoms with Crippen molar-refractivity contribution in [1.82, 2.24) is 0 Å². The van der Waals surface area contributed by atoms with E-state index in [1.807, 2.05) is 0 Å². The average Bonchev–Trinajstić information content (AvgIpc) is 2.54. The first-order valence-electron chi connectivity index (χ1n) is 6.89. The molecule has 0 nitrogen and oxygen atoms in total. The summed E-state index contributed by atoms with van der Waals surface area (Å²) in [4.78, 5) is 0. The lowest BCUT2D eigenvalue weighted by Crippen LogP contribution is -1.82. The fraction of sp³-hybridized carbons (Fsp3) is 0. The summed E-state index contributed by atoms with van der Waals surface area (Å²) in [7, 11) is 0. The molecule has 0 saturated heterocycles. The molecule has 0 spiro atoms. The third-order valence-electron chi connectivity index (χ3n) is 3.85. The molecular weight excluding hydrogens is 240 g/mol. The largest absolute Gasteiger partial charge is 0.0616 e. The van der Waals surface area contributed by atoms with Crippen LogP contribution >= 0.6 is 0 Å². The van der Waals surface area contributed by atoms with Crippen LogP contribution in [-0.4, -0.2) is 0 Å². The SMILES string of the molecule is c1ccc2cc(-c3cccc4ccccc34)ccc2c1. The van der Waals surface area contributed by atoms with Crippen LogP contribution in [0.1, 0.15) is 0 Å². The topological polar surface area (TPSA) is 0 Å². The monoisotopic (exact) mass is 254 g/mol. The van der Waals surface area contributed by atoms with Crippen LogP contribution < -0.4 is 0 Å². The molecule has 0 fully saturated rings. The van der Waals surface area contributed by atoms with Gasteiger partial charge in [0.15, 0.2) is 0 Å². The Hall–Kier alpha value is -2.60. The van der Waals surface area contributed by atoms with Crippen molar-refractivity contribution < 1.29 is 0 Å². The maximum absolute atomic E-state index is 2.27. The number of fused-ring (bicyclic) bond motifs is 2. The molecule has 4 aromatic rings. The molecule has 0 atom stereocenters. The lowest BCUT2D eigenvalue weighted by molar-refractivity contribution is 1.68. The Balaban J connectivity index is 2.01. The normalized spacial score (nSPS) is 11.0. The highest BCUT2D eigenvalue weighted by molar-refractivity contribution is 5.98. The van der Waals surface area contributed by atoms with Gasteiger partial charge in [-0.3, -0.25) is 0 Å². The lowest BCUT2D eigenvalue weighted by Gasteiger charge is -2.08. The summed E-state index contributed by atoms with van der Waals surface area (Å²) in [6.07, 6.45) is 0. The van der Waals surface area contributed by atoms with E-state index < -0.39 is 0 Å². The predicted octanol–water partition coefficient (Wildman–Crippen LogP) is 5.66. The first-order chi connectivity index (χ1) is 9.92. The standard InChI is InChI=1S/C20H14/c1-2-8-17-14-18(13-12-15(17)6-1)20-11-5-9-16-7-3-4-10-19(16)20/h1-14H. The molecular formula is C20H14. The number of benzene rings is 4. The molecule has 0 amide bonds.